The van der Waals surface area contributed by atoms with E-state index in [2.05, 4.69) is 89.1 Å². The Morgan fingerprint density at radius 2 is 1.36 bits per heavy atom. The van der Waals surface area contributed by atoms with Gasteiger partial charge in [-0.15, -0.1) is 0 Å². The van der Waals surface area contributed by atoms with Gasteiger partial charge in [-0.2, -0.15) is 0 Å². The summed E-state index contributed by atoms with van der Waals surface area (Å²) >= 11 is 0. The maximum atomic E-state index is 15.5. The van der Waals surface area contributed by atoms with Crippen LogP contribution in [0, 0.1) is 5.41 Å². The minimum Gasteiger partial charge on any atom is -0.369 e. The number of rotatable bonds is 3. The summed E-state index contributed by atoms with van der Waals surface area (Å²) in [5.41, 5.74) is 2.46. The predicted octanol–water partition coefficient (Wildman–Crippen LogP) is 6.29. The lowest BCUT2D eigenvalue weighted by Crippen LogP contribution is -2.59. The molecule has 2 spiro atoms. The van der Waals surface area contributed by atoms with Crippen LogP contribution in [0.4, 0.5) is 0 Å². The minimum absolute atomic E-state index is 0.128. The molecule has 0 radical (unpaired) electrons. The van der Waals surface area contributed by atoms with Gasteiger partial charge in [0.25, 0.3) is 0 Å². The van der Waals surface area contributed by atoms with Crippen LogP contribution in [0.3, 0.4) is 0 Å². The van der Waals surface area contributed by atoms with Crippen LogP contribution >= 0.6 is 0 Å². The summed E-state index contributed by atoms with van der Waals surface area (Å²) in [7, 11) is 0. The Bertz CT molecular complexity index is 1920. The van der Waals surface area contributed by atoms with Gasteiger partial charge in [-0.05, 0) is 39.1 Å². The lowest BCUT2D eigenvalue weighted by molar-refractivity contribution is -0.139. The summed E-state index contributed by atoms with van der Waals surface area (Å²) in [5, 5.41) is 19.6. The zero-order valence-corrected chi connectivity index (χ0v) is 23.1. The van der Waals surface area contributed by atoms with E-state index in [4.69, 9.17) is 0 Å². The lowest BCUT2D eigenvalue weighted by atomic mass is 9.57. The van der Waals surface area contributed by atoms with Crippen molar-refractivity contribution in [3.8, 4) is 0 Å². The highest BCUT2D eigenvalue weighted by molar-refractivity contribution is 6.09. The zero-order valence-electron chi connectivity index (χ0n) is 23.1. The number of carbonyl (C=O) groups excluding carboxylic acids is 1. The van der Waals surface area contributed by atoms with E-state index in [9.17, 15) is 5.11 Å². The van der Waals surface area contributed by atoms with Crippen molar-refractivity contribution in [2.75, 3.05) is 13.1 Å². The molecule has 2 N–H and O–H groups in total. The van der Waals surface area contributed by atoms with Gasteiger partial charge in [-0.1, -0.05) is 127 Å². The third-order valence-corrected chi connectivity index (χ3v) is 10.5. The van der Waals surface area contributed by atoms with Crippen molar-refractivity contribution in [1.82, 2.24) is 10.2 Å². The standard InChI is InChI=1S/C38H30N2O2/c41-35-29(22-25-12-4-1-5-13-25)23-40-24-36(35)33(27-14-6-2-7-15-27)34(28-16-8-3-9-17-28)39-37(36)30-20-10-18-26-19-11-21-31(32(26)30)38(37,40)42/h1-22,33-34,39,42H,23-24H2/b29-22+/t33-,34?,36?,37+,38-/m0/s1. The minimum atomic E-state index is -1.41. The zero-order chi connectivity index (χ0) is 28.1. The third kappa shape index (κ3) is 2.71. The van der Waals surface area contributed by atoms with Gasteiger partial charge in [-0.25, -0.2) is 0 Å². The van der Waals surface area contributed by atoms with Crippen molar-refractivity contribution in [2.24, 2.45) is 5.41 Å². The SMILES string of the molecule is O=C1/C(=C/c2ccccc2)CN2CC13[C@@H](c1ccccc1)C(c1ccccc1)N[C@]31c3cccc4cccc(c34)[C@@]21O. The molecule has 5 aromatic rings. The number of aliphatic hydroxyl groups is 1. The van der Waals surface area contributed by atoms with Crippen LogP contribution in [-0.2, 0) is 16.1 Å². The predicted molar refractivity (Wildman–Crippen MR) is 164 cm³/mol. The quantitative estimate of drug-likeness (QED) is 0.261. The fourth-order valence-corrected chi connectivity index (χ4v) is 9.12. The highest BCUT2D eigenvalue weighted by Gasteiger charge is 2.85. The molecule has 4 nitrogen and oxygen atoms in total. The molecule has 42 heavy (non-hydrogen) atoms. The maximum Gasteiger partial charge on any atom is 0.170 e. The first-order valence-corrected chi connectivity index (χ1v) is 14.8. The van der Waals surface area contributed by atoms with Crippen LogP contribution in [0.1, 0.15) is 39.8 Å². The van der Waals surface area contributed by atoms with E-state index in [0.717, 1.165) is 44.2 Å². The summed E-state index contributed by atoms with van der Waals surface area (Å²) in [5.74, 6) is -0.0858. The van der Waals surface area contributed by atoms with Gasteiger partial charge in [-0.3, -0.25) is 15.0 Å². The molecular formula is C38H30N2O2. The number of piperidine rings is 1. The van der Waals surface area contributed by atoms with Crippen molar-refractivity contribution in [2.45, 2.75) is 23.2 Å². The van der Waals surface area contributed by atoms with Gasteiger partial charge in [0.2, 0.25) is 0 Å². The van der Waals surface area contributed by atoms with Crippen molar-refractivity contribution in [3.63, 3.8) is 0 Å². The molecule has 0 aromatic heterocycles. The number of hydrogen-bond donors (Lipinski definition) is 2. The molecule has 2 bridgehead atoms. The molecule has 3 unspecified atom stereocenters. The smallest absolute Gasteiger partial charge is 0.170 e. The van der Waals surface area contributed by atoms with Gasteiger partial charge in [0, 0.05) is 36.2 Å². The number of benzene rings is 5. The number of carbonyl (C=O) groups is 1. The monoisotopic (exact) mass is 546 g/mol. The number of Topliss-reactive ketones (excluding diaryl/α,β-unsaturated/α-hetero) is 1. The molecule has 9 rings (SSSR count). The summed E-state index contributed by atoms with van der Waals surface area (Å²) in [6, 6.07) is 43.4. The number of nitrogens with zero attached hydrogens (tertiary/aromatic N) is 1. The number of fused-ring (bicyclic) bond motifs is 3. The second kappa shape index (κ2) is 8.36. The molecule has 6 atom stereocenters. The van der Waals surface area contributed by atoms with Crippen molar-refractivity contribution >= 4 is 22.6 Å². The average Bonchev–Trinajstić information content (AvgIpc) is 3.53. The molecule has 204 valence electrons. The molecule has 3 saturated heterocycles. The lowest BCUT2D eigenvalue weighted by Gasteiger charge is -2.44. The van der Waals surface area contributed by atoms with Gasteiger partial charge in [0.15, 0.2) is 11.5 Å². The average molecular weight is 547 g/mol. The number of ketones is 1. The molecular weight excluding hydrogens is 516 g/mol. The first-order chi connectivity index (χ1) is 20.6. The van der Waals surface area contributed by atoms with Crippen molar-refractivity contribution in [3.05, 3.63) is 161 Å². The summed E-state index contributed by atoms with van der Waals surface area (Å²) in [4.78, 5) is 17.6. The first-order valence-electron chi connectivity index (χ1n) is 14.8. The van der Waals surface area contributed by atoms with Gasteiger partial charge in [0.1, 0.15) is 5.54 Å². The van der Waals surface area contributed by atoms with Gasteiger partial charge >= 0.3 is 0 Å². The molecule has 0 saturated carbocycles. The molecule has 4 aliphatic rings. The van der Waals surface area contributed by atoms with E-state index in [1.807, 2.05) is 54.6 Å². The normalized spacial score (nSPS) is 33.2. The molecule has 5 aromatic carbocycles. The third-order valence-electron chi connectivity index (χ3n) is 10.5. The van der Waals surface area contributed by atoms with Gasteiger partial charge < -0.3 is 5.11 Å². The topological polar surface area (TPSA) is 52.6 Å². The molecule has 0 amide bonds. The number of nitrogens with one attached hydrogen (secondary N) is 1. The Morgan fingerprint density at radius 3 is 2.05 bits per heavy atom. The van der Waals surface area contributed by atoms with E-state index in [1.165, 1.54) is 0 Å². The molecule has 1 aliphatic carbocycles. The Labute approximate surface area is 244 Å². The van der Waals surface area contributed by atoms with Crippen LogP contribution < -0.4 is 5.32 Å². The highest BCUT2D eigenvalue weighted by atomic mass is 16.3. The first kappa shape index (κ1) is 24.3. The maximum absolute atomic E-state index is 15.5. The Morgan fingerprint density at radius 1 is 0.738 bits per heavy atom. The number of hydrogen-bond acceptors (Lipinski definition) is 4. The summed E-state index contributed by atoms with van der Waals surface area (Å²) in [6.45, 7) is 0.854. The highest BCUT2D eigenvalue weighted by Crippen LogP contribution is 2.76. The van der Waals surface area contributed by atoms with Crippen molar-refractivity contribution in [1.29, 1.82) is 0 Å². The molecule has 4 heteroatoms. The molecule has 3 aliphatic heterocycles. The fraction of sp³-hybridized carbons (Fsp3) is 0.184. The Hall–Kier alpha value is -4.35. The van der Waals surface area contributed by atoms with Gasteiger partial charge in [0.05, 0.1) is 5.41 Å². The van der Waals surface area contributed by atoms with Crippen LogP contribution in [0.2, 0.25) is 0 Å². The van der Waals surface area contributed by atoms with E-state index >= 15 is 4.79 Å². The summed E-state index contributed by atoms with van der Waals surface area (Å²) in [6.07, 6.45) is 2.04. The fourth-order valence-electron chi connectivity index (χ4n) is 9.12. The Kier molecular flexibility index (Phi) is 4.83. The van der Waals surface area contributed by atoms with E-state index in [-0.39, 0.29) is 17.7 Å². The van der Waals surface area contributed by atoms with E-state index < -0.39 is 16.7 Å². The second-order valence-electron chi connectivity index (χ2n) is 12.3. The van der Waals surface area contributed by atoms with Crippen LogP contribution in [0.15, 0.2) is 133 Å². The second-order valence-corrected chi connectivity index (χ2v) is 12.3. The largest absolute Gasteiger partial charge is 0.369 e. The summed E-state index contributed by atoms with van der Waals surface area (Å²) < 4.78 is 0. The van der Waals surface area contributed by atoms with Crippen LogP contribution in [-0.4, -0.2) is 28.9 Å². The van der Waals surface area contributed by atoms with Crippen molar-refractivity contribution < 1.29 is 9.90 Å². The molecule has 3 heterocycles. The van der Waals surface area contributed by atoms with E-state index in [1.54, 1.807) is 0 Å². The Balaban J connectivity index is 1.40. The van der Waals surface area contributed by atoms with Crippen LogP contribution in [0.25, 0.3) is 16.8 Å². The molecule has 3 fully saturated rings. The van der Waals surface area contributed by atoms with E-state index in [0.29, 0.717) is 13.1 Å². The van der Waals surface area contributed by atoms with Crippen LogP contribution in [0.5, 0.6) is 0 Å².